The van der Waals surface area contributed by atoms with Crippen molar-refractivity contribution in [2.24, 2.45) is 4.99 Å². The molecular formula is C10H17N2+. The summed E-state index contributed by atoms with van der Waals surface area (Å²) in [6.07, 6.45) is 2.95. The van der Waals surface area contributed by atoms with Gasteiger partial charge < -0.3 is 0 Å². The molecule has 2 heteroatoms. The van der Waals surface area contributed by atoms with Crippen LogP contribution in [0.5, 0.6) is 0 Å². The van der Waals surface area contributed by atoms with Crippen molar-refractivity contribution in [3.63, 3.8) is 0 Å². The molecule has 66 valence electrons. The van der Waals surface area contributed by atoms with Crippen LogP contribution in [-0.2, 0) is 0 Å². The van der Waals surface area contributed by atoms with Gasteiger partial charge in [0, 0.05) is 6.92 Å². The average molecular weight is 165 g/mol. The fourth-order valence-corrected chi connectivity index (χ4v) is 1.06. The lowest BCUT2D eigenvalue weighted by molar-refractivity contribution is -0.841. The van der Waals surface area contributed by atoms with Crippen molar-refractivity contribution in [2.75, 3.05) is 20.6 Å². The Hall–Kier alpha value is -0.850. The van der Waals surface area contributed by atoms with Crippen LogP contribution in [0, 0.1) is 0 Å². The van der Waals surface area contributed by atoms with Crippen molar-refractivity contribution in [3.8, 4) is 0 Å². The molecule has 0 radical (unpaired) electrons. The van der Waals surface area contributed by atoms with Crippen LogP contribution in [0.2, 0.25) is 0 Å². The first-order valence-corrected chi connectivity index (χ1v) is 4.38. The molecule has 1 rings (SSSR count). The third kappa shape index (κ3) is 1.84. The molecule has 0 N–H and O–H groups in total. The second kappa shape index (κ2) is 3.26. The highest BCUT2D eigenvalue weighted by atomic mass is 15.3. The van der Waals surface area contributed by atoms with Crippen molar-refractivity contribution >= 4 is 6.21 Å². The van der Waals surface area contributed by atoms with E-state index >= 15 is 0 Å². The fraction of sp³-hybridized carbons (Fsp3) is 0.600. The van der Waals surface area contributed by atoms with E-state index in [4.69, 9.17) is 0 Å². The number of hydrogen-bond donors (Lipinski definition) is 0. The summed E-state index contributed by atoms with van der Waals surface area (Å²) < 4.78 is 0.868. The number of quaternary nitrogens is 1. The van der Waals surface area contributed by atoms with E-state index in [-0.39, 0.29) is 0 Å². The molecule has 0 aromatic carbocycles. The van der Waals surface area contributed by atoms with Gasteiger partial charge in [-0.25, -0.2) is 0 Å². The van der Waals surface area contributed by atoms with E-state index < -0.39 is 0 Å². The quantitative estimate of drug-likeness (QED) is 0.416. The van der Waals surface area contributed by atoms with Crippen LogP contribution < -0.4 is 0 Å². The molecule has 0 saturated carbocycles. The molecule has 0 unspecified atom stereocenters. The predicted octanol–water partition coefficient (Wildman–Crippen LogP) is 1.94. The van der Waals surface area contributed by atoms with Gasteiger partial charge in [0.15, 0.2) is 5.70 Å². The van der Waals surface area contributed by atoms with Crippen LogP contribution in [0.3, 0.4) is 0 Å². The number of aliphatic imine (C=N–C) groups is 1. The zero-order chi connectivity index (χ0) is 9.19. The highest BCUT2D eigenvalue weighted by molar-refractivity contribution is 5.60. The molecule has 0 fully saturated rings. The van der Waals surface area contributed by atoms with Gasteiger partial charge in [-0.3, -0.25) is 9.48 Å². The van der Waals surface area contributed by atoms with E-state index in [2.05, 4.69) is 38.7 Å². The summed E-state index contributed by atoms with van der Waals surface area (Å²) in [7, 11) is 4.35. The second-order valence-electron chi connectivity index (χ2n) is 3.69. The summed E-state index contributed by atoms with van der Waals surface area (Å²) in [6, 6.07) is 0. The van der Waals surface area contributed by atoms with Crippen LogP contribution in [0.15, 0.2) is 22.1 Å². The minimum atomic E-state index is 0.868. The molecule has 2 nitrogen and oxygen atoms in total. The normalized spacial score (nSPS) is 21.3. The van der Waals surface area contributed by atoms with Gasteiger partial charge in [0.1, 0.15) is 6.54 Å². The number of allylic oxidation sites excluding steroid dienone is 1. The van der Waals surface area contributed by atoms with E-state index in [1.165, 1.54) is 5.70 Å². The summed E-state index contributed by atoms with van der Waals surface area (Å²) >= 11 is 0. The van der Waals surface area contributed by atoms with Crippen LogP contribution in [0.25, 0.3) is 0 Å². The Bertz CT molecular complexity index is 266. The maximum Gasteiger partial charge on any atom is 0.150 e. The largest absolute Gasteiger partial charge is 0.288 e. The van der Waals surface area contributed by atoms with Crippen LogP contribution in [-0.4, -0.2) is 31.3 Å². The lowest BCUT2D eigenvalue weighted by Crippen LogP contribution is -2.38. The molecule has 0 atom stereocenters. The standard InChI is InChI=1S/C10H17N2/c1-5-10-8-9(2)12(3,4)7-6-11-10/h6H,5,7H2,1-4H3/q+1. The Morgan fingerprint density at radius 1 is 1.58 bits per heavy atom. The van der Waals surface area contributed by atoms with Gasteiger partial charge in [0.25, 0.3) is 0 Å². The lowest BCUT2D eigenvalue weighted by atomic mass is 10.3. The van der Waals surface area contributed by atoms with E-state index in [1.54, 1.807) is 0 Å². The smallest absolute Gasteiger partial charge is 0.150 e. The van der Waals surface area contributed by atoms with Gasteiger partial charge in [0.05, 0.1) is 26.0 Å². The molecule has 0 spiro atoms. The van der Waals surface area contributed by atoms with Gasteiger partial charge in [-0.15, -0.1) is 0 Å². The molecule has 0 saturated heterocycles. The minimum absolute atomic E-state index is 0.868. The molecule has 0 aliphatic carbocycles. The Kier molecular flexibility index (Phi) is 2.51. The predicted molar refractivity (Wildman–Crippen MR) is 52.0 cm³/mol. The molecular weight excluding hydrogens is 148 g/mol. The van der Waals surface area contributed by atoms with Crippen LogP contribution >= 0.6 is 0 Å². The van der Waals surface area contributed by atoms with Crippen LogP contribution in [0.1, 0.15) is 20.3 Å². The first kappa shape index (κ1) is 9.24. The lowest BCUT2D eigenvalue weighted by Gasteiger charge is -2.25. The first-order chi connectivity index (χ1) is 5.56. The number of nitrogens with zero attached hydrogens (tertiary/aromatic N) is 2. The number of hydrogen-bond acceptors (Lipinski definition) is 1. The summed E-state index contributed by atoms with van der Waals surface area (Å²) in [5, 5.41) is 0. The Balaban J connectivity index is 3.12. The molecule has 1 heterocycles. The maximum absolute atomic E-state index is 4.33. The van der Waals surface area contributed by atoms with Crippen molar-refractivity contribution in [1.29, 1.82) is 0 Å². The van der Waals surface area contributed by atoms with Crippen molar-refractivity contribution < 1.29 is 4.48 Å². The highest BCUT2D eigenvalue weighted by Crippen LogP contribution is 2.13. The zero-order valence-electron chi connectivity index (χ0n) is 8.39. The van der Waals surface area contributed by atoms with E-state index in [9.17, 15) is 0 Å². The Morgan fingerprint density at radius 2 is 2.25 bits per heavy atom. The molecule has 0 aromatic rings. The Labute approximate surface area is 74.5 Å². The molecule has 0 bridgehead atoms. The number of rotatable bonds is 1. The van der Waals surface area contributed by atoms with Gasteiger partial charge in [-0.2, -0.15) is 0 Å². The van der Waals surface area contributed by atoms with Gasteiger partial charge in [-0.05, 0) is 12.2 Å². The second-order valence-corrected chi connectivity index (χ2v) is 3.69. The zero-order valence-corrected chi connectivity index (χ0v) is 8.39. The third-order valence-electron chi connectivity index (χ3n) is 2.35. The van der Waals surface area contributed by atoms with Crippen molar-refractivity contribution in [1.82, 2.24) is 0 Å². The molecule has 0 aromatic heterocycles. The first-order valence-electron chi connectivity index (χ1n) is 4.38. The van der Waals surface area contributed by atoms with E-state index in [1.807, 2.05) is 6.21 Å². The third-order valence-corrected chi connectivity index (χ3v) is 2.35. The topological polar surface area (TPSA) is 12.4 Å². The average Bonchev–Trinajstić information content (AvgIpc) is 2.12. The minimum Gasteiger partial charge on any atom is -0.288 e. The van der Waals surface area contributed by atoms with Gasteiger partial charge in [0.2, 0.25) is 0 Å². The monoisotopic (exact) mass is 165 g/mol. The van der Waals surface area contributed by atoms with Crippen molar-refractivity contribution in [3.05, 3.63) is 17.1 Å². The van der Waals surface area contributed by atoms with E-state index in [0.717, 1.165) is 23.1 Å². The Morgan fingerprint density at radius 3 is 2.83 bits per heavy atom. The SMILES string of the molecule is CCC1=C=C(C)[N+](C)(C)CC=N1. The summed E-state index contributed by atoms with van der Waals surface area (Å²) in [5.41, 5.74) is 5.65. The van der Waals surface area contributed by atoms with Gasteiger partial charge in [-0.1, -0.05) is 6.92 Å². The fourth-order valence-electron chi connectivity index (χ4n) is 1.06. The highest BCUT2D eigenvalue weighted by Gasteiger charge is 2.18. The molecule has 1 aliphatic rings. The van der Waals surface area contributed by atoms with Gasteiger partial charge >= 0.3 is 0 Å². The van der Waals surface area contributed by atoms with E-state index in [0.29, 0.717) is 0 Å². The van der Waals surface area contributed by atoms with Crippen molar-refractivity contribution in [2.45, 2.75) is 20.3 Å². The van der Waals surface area contributed by atoms with Crippen LogP contribution in [0.4, 0.5) is 0 Å². The summed E-state index contributed by atoms with van der Waals surface area (Å²) in [4.78, 5) is 4.33. The maximum atomic E-state index is 4.33. The molecule has 0 amide bonds. The molecule has 1 aliphatic heterocycles. The summed E-state index contributed by atoms with van der Waals surface area (Å²) in [6.45, 7) is 5.19. The summed E-state index contributed by atoms with van der Waals surface area (Å²) in [5.74, 6) is 0. The molecule has 12 heavy (non-hydrogen) atoms.